The Kier molecular flexibility index (Phi) is 3.33. The van der Waals surface area contributed by atoms with Gasteiger partial charge in [0.2, 0.25) is 11.0 Å². The molecule has 0 saturated carbocycles. The minimum absolute atomic E-state index is 0.0509. The first kappa shape index (κ1) is 13.2. The molecule has 0 aliphatic carbocycles. The van der Waals surface area contributed by atoms with Gasteiger partial charge in [0.25, 0.3) is 0 Å². The lowest BCUT2D eigenvalue weighted by Gasteiger charge is -2.04. The van der Waals surface area contributed by atoms with E-state index in [1.807, 2.05) is 6.07 Å². The number of aromatic nitrogens is 3. The summed E-state index contributed by atoms with van der Waals surface area (Å²) in [6, 6.07) is 9.59. The van der Waals surface area contributed by atoms with E-state index in [0.29, 0.717) is 21.6 Å². The van der Waals surface area contributed by atoms with Gasteiger partial charge < -0.3 is 10.3 Å². The standard InChI is InChI=1S/C13H8FN5OS/c14-9-3-1-5-11(8(9)7-15)21-13-18-17-12(19(13)16)10-4-2-6-20-10/h1-6H,16H2. The summed E-state index contributed by atoms with van der Waals surface area (Å²) < 4.78 is 20.0. The highest BCUT2D eigenvalue weighted by Crippen LogP contribution is 2.31. The van der Waals surface area contributed by atoms with E-state index in [4.69, 9.17) is 15.5 Å². The molecule has 0 bridgehead atoms. The Labute approximate surface area is 123 Å². The fourth-order valence-electron chi connectivity index (χ4n) is 1.72. The first-order valence-corrected chi connectivity index (χ1v) is 6.63. The van der Waals surface area contributed by atoms with Gasteiger partial charge in [0.05, 0.1) is 6.26 Å². The fourth-order valence-corrected chi connectivity index (χ4v) is 2.57. The topological polar surface area (TPSA) is 93.7 Å². The average Bonchev–Trinajstić information content (AvgIpc) is 3.10. The first-order valence-electron chi connectivity index (χ1n) is 5.81. The van der Waals surface area contributed by atoms with Crippen LogP contribution in [0.5, 0.6) is 0 Å². The Bertz CT molecular complexity index is 822. The number of rotatable bonds is 3. The molecule has 2 heterocycles. The fraction of sp³-hybridized carbons (Fsp3) is 0. The van der Waals surface area contributed by atoms with E-state index in [9.17, 15) is 4.39 Å². The van der Waals surface area contributed by atoms with Gasteiger partial charge in [0, 0.05) is 4.90 Å². The maximum Gasteiger partial charge on any atom is 0.218 e. The predicted octanol–water partition coefficient (Wildman–Crippen LogP) is 2.41. The lowest BCUT2D eigenvalue weighted by atomic mass is 10.2. The van der Waals surface area contributed by atoms with Gasteiger partial charge in [0.1, 0.15) is 17.4 Å². The van der Waals surface area contributed by atoms with E-state index >= 15 is 0 Å². The third-order valence-corrected chi connectivity index (χ3v) is 3.72. The number of hydrogen-bond acceptors (Lipinski definition) is 6. The van der Waals surface area contributed by atoms with Crippen molar-refractivity contribution in [3.8, 4) is 17.7 Å². The van der Waals surface area contributed by atoms with Crippen LogP contribution >= 0.6 is 11.8 Å². The van der Waals surface area contributed by atoms with Crippen LogP contribution in [-0.2, 0) is 0 Å². The molecule has 0 unspecified atom stereocenters. The summed E-state index contributed by atoms with van der Waals surface area (Å²) in [7, 11) is 0. The molecule has 0 fully saturated rings. The maximum atomic E-state index is 13.6. The summed E-state index contributed by atoms with van der Waals surface area (Å²) in [5, 5.41) is 17.2. The number of hydrogen-bond donors (Lipinski definition) is 1. The van der Waals surface area contributed by atoms with E-state index in [1.54, 1.807) is 18.2 Å². The highest BCUT2D eigenvalue weighted by atomic mass is 32.2. The molecule has 0 atom stereocenters. The molecule has 6 nitrogen and oxygen atoms in total. The van der Waals surface area contributed by atoms with Crippen molar-refractivity contribution in [1.82, 2.24) is 14.9 Å². The highest BCUT2D eigenvalue weighted by Gasteiger charge is 2.17. The molecular formula is C13H8FN5OS. The summed E-state index contributed by atoms with van der Waals surface area (Å²) >= 11 is 1.06. The number of nitrogen functional groups attached to an aromatic ring is 1. The molecule has 21 heavy (non-hydrogen) atoms. The van der Waals surface area contributed by atoms with Crippen LogP contribution in [0.1, 0.15) is 5.56 Å². The van der Waals surface area contributed by atoms with Crippen molar-refractivity contribution in [2.75, 3.05) is 5.84 Å². The monoisotopic (exact) mass is 301 g/mol. The van der Waals surface area contributed by atoms with Gasteiger partial charge in [-0.05, 0) is 36.0 Å². The second-order valence-corrected chi connectivity index (χ2v) is 4.99. The van der Waals surface area contributed by atoms with Crippen molar-refractivity contribution >= 4 is 11.8 Å². The number of nitrogens with zero attached hydrogens (tertiary/aromatic N) is 4. The molecule has 0 radical (unpaired) electrons. The SMILES string of the molecule is N#Cc1c(F)cccc1Sc1nnc(-c2ccco2)n1N. The normalized spacial score (nSPS) is 10.5. The van der Waals surface area contributed by atoms with Crippen LogP contribution in [-0.4, -0.2) is 14.9 Å². The van der Waals surface area contributed by atoms with Gasteiger partial charge in [-0.3, -0.25) is 0 Å². The molecular weight excluding hydrogens is 293 g/mol. The van der Waals surface area contributed by atoms with Crippen molar-refractivity contribution in [2.45, 2.75) is 10.1 Å². The number of halogens is 1. The minimum Gasteiger partial charge on any atom is -0.461 e. The summed E-state index contributed by atoms with van der Waals surface area (Å²) in [5.41, 5.74) is -0.0509. The zero-order valence-corrected chi connectivity index (χ0v) is 11.3. The molecule has 8 heteroatoms. The second kappa shape index (κ2) is 5.30. The first-order chi connectivity index (χ1) is 10.2. The van der Waals surface area contributed by atoms with Gasteiger partial charge in [-0.1, -0.05) is 6.07 Å². The number of furan rings is 1. The molecule has 3 rings (SSSR count). The molecule has 0 spiro atoms. The van der Waals surface area contributed by atoms with Gasteiger partial charge >= 0.3 is 0 Å². The molecule has 1 aromatic carbocycles. The van der Waals surface area contributed by atoms with Gasteiger partial charge in [-0.2, -0.15) is 5.26 Å². The Balaban J connectivity index is 1.97. The molecule has 0 aliphatic heterocycles. The summed E-state index contributed by atoms with van der Waals surface area (Å²) in [6.45, 7) is 0. The third-order valence-electron chi connectivity index (χ3n) is 2.69. The Morgan fingerprint density at radius 3 is 2.86 bits per heavy atom. The Hall–Kier alpha value is -2.79. The predicted molar refractivity (Wildman–Crippen MR) is 73.1 cm³/mol. The van der Waals surface area contributed by atoms with Crippen molar-refractivity contribution in [1.29, 1.82) is 5.26 Å². The van der Waals surface area contributed by atoms with Crippen molar-refractivity contribution in [2.24, 2.45) is 0 Å². The zero-order valence-electron chi connectivity index (χ0n) is 10.5. The second-order valence-electron chi connectivity index (χ2n) is 3.98. The number of nitriles is 1. The van der Waals surface area contributed by atoms with Crippen molar-refractivity contribution in [3.63, 3.8) is 0 Å². The van der Waals surface area contributed by atoms with Gasteiger partial charge in [-0.15, -0.1) is 10.2 Å². The van der Waals surface area contributed by atoms with Crippen molar-refractivity contribution in [3.05, 3.63) is 48.0 Å². The van der Waals surface area contributed by atoms with Gasteiger partial charge in [-0.25, -0.2) is 9.07 Å². The smallest absolute Gasteiger partial charge is 0.218 e. The summed E-state index contributed by atoms with van der Waals surface area (Å²) in [6.07, 6.45) is 1.50. The van der Waals surface area contributed by atoms with Crippen LogP contribution in [0, 0.1) is 17.1 Å². The van der Waals surface area contributed by atoms with Crippen LogP contribution in [0.3, 0.4) is 0 Å². The lowest BCUT2D eigenvalue weighted by molar-refractivity contribution is 0.574. The molecule has 3 aromatic rings. The van der Waals surface area contributed by atoms with E-state index < -0.39 is 5.82 Å². The van der Waals surface area contributed by atoms with E-state index in [2.05, 4.69) is 10.2 Å². The highest BCUT2D eigenvalue weighted by molar-refractivity contribution is 7.99. The summed E-state index contributed by atoms with van der Waals surface area (Å²) in [5.74, 6) is 6.13. The summed E-state index contributed by atoms with van der Waals surface area (Å²) in [4.78, 5) is 0.419. The van der Waals surface area contributed by atoms with E-state index in [1.165, 1.54) is 23.1 Å². The molecule has 2 aromatic heterocycles. The maximum absolute atomic E-state index is 13.6. The Morgan fingerprint density at radius 2 is 2.14 bits per heavy atom. The number of nitrogens with two attached hydrogens (primary N) is 1. The quantitative estimate of drug-likeness (QED) is 0.747. The van der Waals surface area contributed by atoms with Crippen LogP contribution in [0.2, 0.25) is 0 Å². The van der Waals surface area contributed by atoms with Crippen LogP contribution in [0.4, 0.5) is 4.39 Å². The zero-order chi connectivity index (χ0) is 14.8. The molecule has 0 saturated heterocycles. The molecule has 0 aliphatic rings. The average molecular weight is 301 g/mol. The van der Waals surface area contributed by atoms with Crippen LogP contribution in [0.25, 0.3) is 11.6 Å². The molecule has 2 N–H and O–H groups in total. The van der Waals surface area contributed by atoms with E-state index in [-0.39, 0.29) is 5.56 Å². The lowest BCUT2D eigenvalue weighted by Crippen LogP contribution is -2.11. The van der Waals surface area contributed by atoms with Gasteiger partial charge in [0.15, 0.2) is 5.76 Å². The Morgan fingerprint density at radius 1 is 1.29 bits per heavy atom. The molecule has 104 valence electrons. The minimum atomic E-state index is -0.586. The van der Waals surface area contributed by atoms with Crippen LogP contribution in [0.15, 0.2) is 51.1 Å². The van der Waals surface area contributed by atoms with E-state index in [0.717, 1.165) is 11.8 Å². The third kappa shape index (κ3) is 2.34. The largest absolute Gasteiger partial charge is 0.461 e. The van der Waals surface area contributed by atoms with Crippen LogP contribution < -0.4 is 5.84 Å². The number of benzene rings is 1. The van der Waals surface area contributed by atoms with Crippen molar-refractivity contribution < 1.29 is 8.81 Å². The molecule has 0 amide bonds.